The molecule has 2 aromatic rings. The van der Waals surface area contributed by atoms with Crippen molar-refractivity contribution in [3.63, 3.8) is 0 Å². The minimum absolute atomic E-state index is 0.267. The number of carbonyl (C=O) groups excluding carboxylic acids is 1. The largest absolute Gasteiger partial charge is 0.487 e. The van der Waals surface area contributed by atoms with Gasteiger partial charge in [-0.05, 0) is 67.6 Å². The van der Waals surface area contributed by atoms with Gasteiger partial charge in [0.15, 0.2) is 0 Å². The van der Waals surface area contributed by atoms with Crippen LogP contribution in [0.15, 0.2) is 60.7 Å². The standard InChI is InChI=1S/C18H15F3O3/c1-13(3-2-12-22)23-15-8-10-17(11-9-15)24-16-6-4-14(5-7-16)18(19,20)21/h2-13H,1H3. The van der Waals surface area contributed by atoms with Crippen LogP contribution >= 0.6 is 0 Å². The molecule has 3 nitrogen and oxygen atoms in total. The Balaban J connectivity index is 1.98. The van der Waals surface area contributed by atoms with Crippen LogP contribution in [-0.2, 0) is 11.0 Å². The highest BCUT2D eigenvalue weighted by Crippen LogP contribution is 2.31. The summed E-state index contributed by atoms with van der Waals surface area (Å²) in [6.07, 6.45) is -1.00. The quantitative estimate of drug-likeness (QED) is 0.549. The van der Waals surface area contributed by atoms with Crippen LogP contribution in [0.5, 0.6) is 17.2 Å². The Kier molecular flexibility index (Phi) is 5.63. The summed E-state index contributed by atoms with van der Waals surface area (Å²) in [5, 5.41) is 0. The van der Waals surface area contributed by atoms with Crippen molar-refractivity contribution in [2.45, 2.75) is 19.2 Å². The maximum absolute atomic E-state index is 12.5. The van der Waals surface area contributed by atoms with Gasteiger partial charge in [-0.2, -0.15) is 13.2 Å². The maximum atomic E-state index is 12.5. The SMILES string of the molecule is CC(C=CC=O)Oc1ccc(Oc2ccc(C(F)(F)F)cc2)cc1. The Morgan fingerprint density at radius 3 is 1.92 bits per heavy atom. The van der Waals surface area contributed by atoms with Gasteiger partial charge >= 0.3 is 6.18 Å². The summed E-state index contributed by atoms with van der Waals surface area (Å²) >= 11 is 0. The molecule has 0 saturated heterocycles. The van der Waals surface area contributed by atoms with Gasteiger partial charge in [0.25, 0.3) is 0 Å². The third-order valence-electron chi connectivity index (χ3n) is 3.02. The third-order valence-corrected chi connectivity index (χ3v) is 3.02. The second-order valence-corrected chi connectivity index (χ2v) is 4.94. The molecule has 24 heavy (non-hydrogen) atoms. The zero-order valence-electron chi connectivity index (χ0n) is 12.8. The summed E-state index contributed by atoms with van der Waals surface area (Å²) < 4.78 is 48.5. The van der Waals surface area contributed by atoms with Crippen LogP contribution in [0, 0.1) is 0 Å². The fourth-order valence-corrected chi connectivity index (χ4v) is 1.89. The molecule has 0 fully saturated rings. The summed E-state index contributed by atoms with van der Waals surface area (Å²) in [7, 11) is 0. The summed E-state index contributed by atoms with van der Waals surface area (Å²) in [6, 6.07) is 11.1. The topological polar surface area (TPSA) is 35.5 Å². The normalized spacial score (nSPS) is 12.8. The van der Waals surface area contributed by atoms with E-state index in [1.807, 2.05) is 0 Å². The van der Waals surface area contributed by atoms with Crippen LogP contribution in [-0.4, -0.2) is 12.4 Å². The van der Waals surface area contributed by atoms with Gasteiger partial charge in [0.1, 0.15) is 29.6 Å². The maximum Gasteiger partial charge on any atom is 0.416 e. The molecule has 0 aromatic heterocycles. The molecule has 0 amide bonds. The number of rotatable bonds is 6. The van der Waals surface area contributed by atoms with Gasteiger partial charge in [-0.15, -0.1) is 0 Å². The van der Waals surface area contributed by atoms with Crippen LogP contribution in [0.25, 0.3) is 0 Å². The minimum atomic E-state index is -4.37. The first-order valence-electron chi connectivity index (χ1n) is 7.12. The summed E-state index contributed by atoms with van der Waals surface area (Å²) in [4.78, 5) is 10.2. The first-order chi connectivity index (χ1) is 11.4. The summed E-state index contributed by atoms with van der Waals surface area (Å²) in [6.45, 7) is 1.78. The van der Waals surface area contributed by atoms with E-state index in [4.69, 9.17) is 9.47 Å². The van der Waals surface area contributed by atoms with Gasteiger partial charge in [-0.25, -0.2) is 0 Å². The lowest BCUT2D eigenvalue weighted by Gasteiger charge is -2.12. The lowest BCUT2D eigenvalue weighted by molar-refractivity contribution is -0.137. The van der Waals surface area contributed by atoms with Crippen molar-refractivity contribution in [1.29, 1.82) is 0 Å². The van der Waals surface area contributed by atoms with Gasteiger partial charge < -0.3 is 9.47 Å². The molecular formula is C18H15F3O3. The van der Waals surface area contributed by atoms with Crippen LogP contribution in [0.1, 0.15) is 12.5 Å². The zero-order valence-corrected chi connectivity index (χ0v) is 12.8. The molecule has 0 aliphatic carbocycles. The van der Waals surface area contributed by atoms with E-state index < -0.39 is 11.7 Å². The smallest absolute Gasteiger partial charge is 0.416 e. The highest BCUT2D eigenvalue weighted by atomic mass is 19.4. The molecule has 1 atom stereocenters. The lowest BCUT2D eigenvalue weighted by Crippen LogP contribution is -2.07. The van der Waals surface area contributed by atoms with Crippen LogP contribution in [0.3, 0.4) is 0 Å². The van der Waals surface area contributed by atoms with Gasteiger partial charge in [0.2, 0.25) is 0 Å². The fraction of sp³-hybridized carbons (Fsp3) is 0.167. The van der Waals surface area contributed by atoms with E-state index in [-0.39, 0.29) is 6.10 Å². The lowest BCUT2D eigenvalue weighted by atomic mass is 10.2. The molecule has 0 aliphatic heterocycles. The average Bonchev–Trinajstić information content (AvgIpc) is 2.54. The highest BCUT2D eigenvalue weighted by Gasteiger charge is 2.30. The number of allylic oxidation sites excluding steroid dienone is 1. The van der Waals surface area contributed by atoms with Crippen LogP contribution in [0.2, 0.25) is 0 Å². The first-order valence-corrected chi connectivity index (χ1v) is 7.12. The first kappa shape index (κ1) is 17.6. The number of hydrogen-bond donors (Lipinski definition) is 0. The van der Waals surface area contributed by atoms with Gasteiger partial charge in [0.05, 0.1) is 5.56 Å². The molecule has 0 saturated carbocycles. The molecule has 2 aromatic carbocycles. The molecule has 0 heterocycles. The van der Waals surface area contributed by atoms with E-state index in [9.17, 15) is 18.0 Å². The van der Waals surface area contributed by atoms with Crippen molar-refractivity contribution >= 4 is 6.29 Å². The number of alkyl halides is 3. The van der Waals surface area contributed by atoms with E-state index in [1.165, 1.54) is 18.2 Å². The predicted molar refractivity (Wildman–Crippen MR) is 83.3 cm³/mol. The predicted octanol–water partition coefficient (Wildman–Crippen LogP) is 5.02. The highest BCUT2D eigenvalue weighted by molar-refractivity contribution is 5.64. The number of hydrogen-bond acceptors (Lipinski definition) is 3. The molecule has 1 unspecified atom stereocenters. The van der Waals surface area contributed by atoms with E-state index in [2.05, 4.69) is 0 Å². The molecule has 0 spiro atoms. The molecule has 0 bridgehead atoms. The van der Waals surface area contributed by atoms with Crippen molar-refractivity contribution in [2.75, 3.05) is 0 Å². The Labute approximate surface area is 137 Å². The second-order valence-electron chi connectivity index (χ2n) is 4.94. The van der Waals surface area contributed by atoms with Crippen LogP contribution in [0.4, 0.5) is 13.2 Å². The Bertz CT molecular complexity index is 689. The Morgan fingerprint density at radius 1 is 0.917 bits per heavy atom. The van der Waals surface area contributed by atoms with Crippen molar-refractivity contribution in [3.05, 3.63) is 66.2 Å². The molecule has 0 aliphatic rings. The van der Waals surface area contributed by atoms with E-state index in [0.717, 1.165) is 12.1 Å². The van der Waals surface area contributed by atoms with Crippen molar-refractivity contribution in [3.8, 4) is 17.2 Å². The number of aldehydes is 1. The molecule has 6 heteroatoms. The second kappa shape index (κ2) is 7.68. The van der Waals surface area contributed by atoms with Gasteiger partial charge in [-0.3, -0.25) is 4.79 Å². The molecule has 0 N–H and O–H groups in total. The molecular weight excluding hydrogens is 321 g/mol. The minimum Gasteiger partial charge on any atom is -0.487 e. The molecule has 0 radical (unpaired) electrons. The van der Waals surface area contributed by atoms with Crippen LogP contribution < -0.4 is 9.47 Å². The zero-order chi connectivity index (χ0) is 17.6. The van der Waals surface area contributed by atoms with E-state index in [1.54, 1.807) is 37.3 Å². The summed E-state index contributed by atoms with van der Waals surface area (Å²) in [5.74, 6) is 1.36. The number of carbonyl (C=O) groups is 1. The summed E-state index contributed by atoms with van der Waals surface area (Å²) in [5.41, 5.74) is -0.726. The number of ether oxygens (including phenoxy) is 2. The van der Waals surface area contributed by atoms with E-state index in [0.29, 0.717) is 23.5 Å². The van der Waals surface area contributed by atoms with Crippen molar-refractivity contribution < 1.29 is 27.4 Å². The monoisotopic (exact) mass is 336 g/mol. The number of halogens is 3. The van der Waals surface area contributed by atoms with E-state index >= 15 is 0 Å². The third kappa shape index (κ3) is 5.15. The average molecular weight is 336 g/mol. The molecule has 126 valence electrons. The Morgan fingerprint density at radius 2 is 1.42 bits per heavy atom. The molecule has 2 rings (SSSR count). The van der Waals surface area contributed by atoms with Gasteiger partial charge in [-0.1, -0.05) is 0 Å². The van der Waals surface area contributed by atoms with Gasteiger partial charge in [0, 0.05) is 0 Å². The Hall–Kier alpha value is -2.76. The fourth-order valence-electron chi connectivity index (χ4n) is 1.89. The number of benzene rings is 2. The van der Waals surface area contributed by atoms with Crippen molar-refractivity contribution in [2.24, 2.45) is 0 Å². The van der Waals surface area contributed by atoms with Crippen molar-refractivity contribution in [1.82, 2.24) is 0 Å².